The van der Waals surface area contributed by atoms with E-state index >= 15 is 0 Å². The number of aromatic nitrogens is 2. The lowest BCUT2D eigenvalue weighted by Gasteiger charge is -2.10. The topological polar surface area (TPSA) is 162 Å². The van der Waals surface area contributed by atoms with Crippen LogP contribution in [0.5, 0.6) is 11.6 Å². The zero-order valence-corrected chi connectivity index (χ0v) is 16.1. The zero-order chi connectivity index (χ0) is 22.4. The second-order valence-electron chi connectivity index (χ2n) is 6.32. The summed E-state index contributed by atoms with van der Waals surface area (Å²) < 4.78 is 5.50. The van der Waals surface area contributed by atoms with Crippen molar-refractivity contribution in [3.8, 4) is 11.6 Å². The van der Waals surface area contributed by atoms with Gasteiger partial charge in [-0.2, -0.15) is 4.98 Å². The van der Waals surface area contributed by atoms with Gasteiger partial charge < -0.3 is 4.74 Å². The van der Waals surface area contributed by atoms with Crippen molar-refractivity contribution >= 4 is 23.1 Å². The van der Waals surface area contributed by atoms with Crippen LogP contribution >= 0.6 is 0 Å². The van der Waals surface area contributed by atoms with Gasteiger partial charge >= 0.3 is 11.6 Å². The van der Waals surface area contributed by atoms with Crippen molar-refractivity contribution in [2.45, 2.75) is 13.3 Å². The highest BCUT2D eigenvalue weighted by molar-refractivity contribution is 5.80. The van der Waals surface area contributed by atoms with E-state index in [1.165, 1.54) is 24.3 Å². The van der Waals surface area contributed by atoms with Gasteiger partial charge in [0.25, 0.3) is 5.69 Å². The standard InChI is InChI=1S/C19H16N6O6/c1-12-2-8-15(9-3-12)31-19-17(25(29)30)18(20-11-21-19)23-22-16(26)10-13-4-6-14(7-5-13)24(27)28/h2-9,11H,10H2,1H3,(H,22,26)(H,20,21,23). The fourth-order valence-electron chi connectivity index (χ4n) is 2.51. The zero-order valence-electron chi connectivity index (χ0n) is 16.1. The molecule has 12 nitrogen and oxygen atoms in total. The molecule has 1 aromatic heterocycles. The summed E-state index contributed by atoms with van der Waals surface area (Å²) in [6.45, 7) is 1.89. The molecule has 0 aliphatic heterocycles. The number of ether oxygens (including phenoxy) is 1. The number of rotatable bonds is 8. The number of amides is 1. The minimum absolute atomic E-state index is 0.0972. The van der Waals surface area contributed by atoms with Gasteiger partial charge in [-0.1, -0.05) is 29.8 Å². The van der Waals surface area contributed by atoms with E-state index in [1.807, 2.05) is 6.92 Å². The van der Waals surface area contributed by atoms with Crippen LogP contribution in [-0.4, -0.2) is 25.7 Å². The van der Waals surface area contributed by atoms with Gasteiger partial charge in [-0.25, -0.2) is 4.98 Å². The molecule has 0 saturated heterocycles. The van der Waals surface area contributed by atoms with Crippen molar-refractivity contribution in [2.24, 2.45) is 0 Å². The van der Waals surface area contributed by atoms with Crippen LogP contribution in [0.1, 0.15) is 11.1 Å². The Bertz CT molecular complexity index is 1120. The third kappa shape index (κ3) is 5.47. The Kier molecular flexibility index (Phi) is 6.30. The fourth-order valence-corrected chi connectivity index (χ4v) is 2.51. The molecule has 2 aromatic carbocycles. The predicted octanol–water partition coefficient (Wildman–Crippen LogP) is 3.08. The van der Waals surface area contributed by atoms with Gasteiger partial charge in [0.2, 0.25) is 11.7 Å². The molecule has 0 spiro atoms. The summed E-state index contributed by atoms with van der Waals surface area (Å²) in [6.07, 6.45) is 0.942. The SMILES string of the molecule is Cc1ccc(Oc2ncnc(NNC(=O)Cc3ccc([N+](=O)[O-])cc3)c2[N+](=O)[O-])cc1. The van der Waals surface area contributed by atoms with Crippen molar-refractivity contribution < 1.29 is 19.4 Å². The molecule has 3 aromatic rings. The summed E-state index contributed by atoms with van der Waals surface area (Å²) in [5, 5.41) is 22.2. The molecular weight excluding hydrogens is 408 g/mol. The van der Waals surface area contributed by atoms with E-state index in [4.69, 9.17) is 4.74 Å². The Morgan fingerprint density at radius 3 is 2.29 bits per heavy atom. The summed E-state index contributed by atoms with van der Waals surface area (Å²) in [4.78, 5) is 40.7. The van der Waals surface area contributed by atoms with E-state index in [0.29, 0.717) is 11.3 Å². The van der Waals surface area contributed by atoms with Crippen LogP contribution in [0, 0.1) is 27.2 Å². The normalized spacial score (nSPS) is 10.2. The fraction of sp³-hybridized carbons (Fsp3) is 0.105. The molecule has 0 radical (unpaired) electrons. The van der Waals surface area contributed by atoms with Crippen molar-refractivity contribution in [1.82, 2.24) is 15.4 Å². The third-order valence-electron chi connectivity index (χ3n) is 4.04. The van der Waals surface area contributed by atoms with E-state index in [-0.39, 0.29) is 23.8 Å². The van der Waals surface area contributed by atoms with E-state index in [0.717, 1.165) is 11.9 Å². The number of nitro benzene ring substituents is 1. The third-order valence-corrected chi connectivity index (χ3v) is 4.04. The number of non-ortho nitro benzene ring substituents is 1. The summed E-state index contributed by atoms with van der Waals surface area (Å²) in [7, 11) is 0. The van der Waals surface area contributed by atoms with Gasteiger partial charge in [0, 0.05) is 12.1 Å². The smallest absolute Gasteiger partial charge is 0.374 e. The maximum absolute atomic E-state index is 12.1. The number of benzene rings is 2. The molecule has 0 atom stereocenters. The van der Waals surface area contributed by atoms with Crippen LogP contribution in [0.3, 0.4) is 0 Å². The Morgan fingerprint density at radius 1 is 1.00 bits per heavy atom. The van der Waals surface area contributed by atoms with Gasteiger partial charge in [0.05, 0.1) is 16.3 Å². The number of hydrogen-bond acceptors (Lipinski definition) is 9. The summed E-state index contributed by atoms with van der Waals surface area (Å²) in [5.41, 5.74) is 5.56. The molecule has 1 amide bonds. The van der Waals surface area contributed by atoms with Crippen LogP contribution in [-0.2, 0) is 11.2 Å². The molecule has 158 valence electrons. The van der Waals surface area contributed by atoms with Crippen LogP contribution in [0.15, 0.2) is 54.9 Å². The second kappa shape index (κ2) is 9.26. The molecule has 31 heavy (non-hydrogen) atoms. The Morgan fingerprint density at radius 2 is 1.68 bits per heavy atom. The highest BCUT2D eigenvalue weighted by Crippen LogP contribution is 2.33. The molecule has 0 unspecified atom stereocenters. The Hall–Kier alpha value is -4.61. The molecule has 0 bridgehead atoms. The van der Waals surface area contributed by atoms with Crippen LogP contribution in [0.2, 0.25) is 0 Å². The first-order valence-electron chi connectivity index (χ1n) is 8.85. The number of nitrogens with zero attached hydrogens (tertiary/aromatic N) is 4. The number of nitro groups is 2. The molecule has 0 saturated carbocycles. The lowest BCUT2D eigenvalue weighted by Crippen LogP contribution is -2.31. The maximum atomic E-state index is 12.1. The number of anilines is 1. The van der Waals surface area contributed by atoms with Crippen molar-refractivity contribution in [3.05, 3.63) is 86.2 Å². The van der Waals surface area contributed by atoms with Crippen LogP contribution in [0.25, 0.3) is 0 Å². The van der Waals surface area contributed by atoms with Crippen molar-refractivity contribution in [3.63, 3.8) is 0 Å². The highest BCUT2D eigenvalue weighted by atomic mass is 16.6. The van der Waals surface area contributed by atoms with Gasteiger partial charge in [-0.15, -0.1) is 0 Å². The van der Waals surface area contributed by atoms with E-state index in [2.05, 4.69) is 20.8 Å². The van der Waals surface area contributed by atoms with E-state index in [9.17, 15) is 25.0 Å². The van der Waals surface area contributed by atoms with E-state index in [1.54, 1.807) is 24.3 Å². The monoisotopic (exact) mass is 424 g/mol. The molecule has 12 heteroatoms. The summed E-state index contributed by atoms with van der Waals surface area (Å²) in [6, 6.07) is 12.3. The molecule has 1 heterocycles. The lowest BCUT2D eigenvalue weighted by molar-refractivity contribution is -0.385. The summed E-state index contributed by atoms with van der Waals surface area (Å²) >= 11 is 0. The number of hydrogen-bond donors (Lipinski definition) is 2. The predicted molar refractivity (Wildman–Crippen MR) is 109 cm³/mol. The van der Waals surface area contributed by atoms with Gasteiger partial charge in [0.1, 0.15) is 12.1 Å². The number of aryl methyl sites for hydroxylation is 1. The van der Waals surface area contributed by atoms with Crippen LogP contribution in [0.4, 0.5) is 17.2 Å². The first-order chi connectivity index (χ1) is 14.8. The van der Waals surface area contributed by atoms with Gasteiger partial charge in [-0.05, 0) is 24.6 Å². The molecule has 0 aliphatic carbocycles. The number of carbonyl (C=O) groups excluding carboxylic acids is 1. The Balaban J connectivity index is 1.70. The molecule has 2 N–H and O–H groups in total. The second-order valence-corrected chi connectivity index (χ2v) is 6.32. The number of hydrazine groups is 1. The van der Waals surface area contributed by atoms with Crippen molar-refractivity contribution in [2.75, 3.05) is 5.43 Å². The molecular formula is C19H16N6O6. The quantitative estimate of drug-likeness (QED) is 0.408. The van der Waals surface area contributed by atoms with E-state index < -0.39 is 21.4 Å². The average molecular weight is 424 g/mol. The largest absolute Gasteiger partial charge is 0.434 e. The minimum atomic E-state index is -0.728. The molecule has 0 fully saturated rings. The number of nitrogens with one attached hydrogen (secondary N) is 2. The average Bonchev–Trinajstić information content (AvgIpc) is 2.74. The first kappa shape index (κ1) is 21.1. The van der Waals surface area contributed by atoms with Crippen LogP contribution < -0.4 is 15.6 Å². The maximum Gasteiger partial charge on any atom is 0.374 e. The van der Waals surface area contributed by atoms with Crippen molar-refractivity contribution in [1.29, 1.82) is 0 Å². The van der Waals surface area contributed by atoms with Gasteiger partial charge in [-0.3, -0.25) is 35.9 Å². The lowest BCUT2D eigenvalue weighted by atomic mass is 10.1. The molecule has 3 rings (SSSR count). The number of carbonyl (C=O) groups is 1. The Labute approximate surface area is 175 Å². The minimum Gasteiger partial charge on any atom is -0.434 e. The first-order valence-corrected chi connectivity index (χ1v) is 8.85. The molecule has 0 aliphatic rings. The summed E-state index contributed by atoms with van der Waals surface area (Å²) in [5.74, 6) is -0.751. The highest BCUT2D eigenvalue weighted by Gasteiger charge is 2.25. The van der Waals surface area contributed by atoms with Gasteiger partial charge in [0.15, 0.2) is 0 Å².